The van der Waals surface area contributed by atoms with Gasteiger partial charge in [-0.25, -0.2) is 9.78 Å². The van der Waals surface area contributed by atoms with Crippen molar-refractivity contribution in [2.45, 2.75) is 52.1 Å². The second-order valence-electron chi connectivity index (χ2n) is 9.94. The first-order valence-corrected chi connectivity index (χ1v) is 12.6. The number of piperidine rings is 1. The van der Waals surface area contributed by atoms with Crippen molar-refractivity contribution < 1.29 is 18.7 Å². The SMILES string of the molecule is Cc1cc(Nc2cc(C3CCCN(C(=O)OC(C)(C)C)C3)nc3c(-c4coc(C=O)c4)cnn23)sn1. The molecule has 0 radical (unpaired) electrons. The number of likely N-dealkylation sites (tertiary alicyclic amines) is 1. The van der Waals surface area contributed by atoms with Crippen LogP contribution in [0.1, 0.15) is 61.5 Å². The van der Waals surface area contributed by atoms with Crippen molar-refractivity contribution in [2.24, 2.45) is 0 Å². The fourth-order valence-corrected chi connectivity index (χ4v) is 4.97. The minimum absolute atomic E-state index is 0.0256. The van der Waals surface area contributed by atoms with E-state index in [1.54, 1.807) is 21.7 Å². The Morgan fingerprint density at radius 3 is 2.83 bits per heavy atom. The molecule has 10 nitrogen and oxygen atoms in total. The van der Waals surface area contributed by atoms with E-state index in [4.69, 9.17) is 14.1 Å². The Morgan fingerprint density at radius 2 is 2.14 bits per heavy atom. The van der Waals surface area contributed by atoms with E-state index in [1.165, 1.54) is 17.8 Å². The number of aldehydes is 1. The summed E-state index contributed by atoms with van der Waals surface area (Å²) in [7, 11) is 0. The van der Waals surface area contributed by atoms with E-state index in [2.05, 4.69) is 14.8 Å². The molecule has 0 aromatic carbocycles. The van der Waals surface area contributed by atoms with Gasteiger partial charge in [0.1, 0.15) is 16.4 Å². The third-order valence-electron chi connectivity index (χ3n) is 5.91. The summed E-state index contributed by atoms with van der Waals surface area (Å²) in [6, 6.07) is 5.62. The Morgan fingerprint density at radius 1 is 1.31 bits per heavy atom. The van der Waals surface area contributed by atoms with E-state index in [0.717, 1.165) is 46.2 Å². The molecule has 1 fully saturated rings. The second kappa shape index (κ2) is 9.38. The van der Waals surface area contributed by atoms with Crippen LogP contribution in [0, 0.1) is 6.92 Å². The minimum atomic E-state index is -0.553. The van der Waals surface area contributed by atoms with E-state index in [1.807, 2.05) is 39.8 Å². The third kappa shape index (κ3) is 4.97. The van der Waals surface area contributed by atoms with Gasteiger partial charge >= 0.3 is 6.09 Å². The molecule has 0 bridgehead atoms. The molecule has 1 unspecified atom stereocenters. The van der Waals surface area contributed by atoms with Crippen LogP contribution in [0.3, 0.4) is 0 Å². The van der Waals surface area contributed by atoms with Crippen LogP contribution in [0.2, 0.25) is 0 Å². The number of ether oxygens (including phenoxy) is 1. The second-order valence-corrected chi connectivity index (χ2v) is 10.7. The molecule has 0 spiro atoms. The number of hydrogen-bond acceptors (Lipinski definition) is 9. The summed E-state index contributed by atoms with van der Waals surface area (Å²) in [6.07, 6.45) is 5.34. The molecular weight excluding hydrogens is 480 g/mol. The number of hydrogen-bond donors (Lipinski definition) is 1. The minimum Gasteiger partial charge on any atom is -0.461 e. The van der Waals surface area contributed by atoms with Crippen LogP contribution >= 0.6 is 11.5 Å². The summed E-state index contributed by atoms with van der Waals surface area (Å²) >= 11 is 1.37. The lowest BCUT2D eigenvalue weighted by Crippen LogP contribution is -2.42. The van der Waals surface area contributed by atoms with E-state index < -0.39 is 5.60 Å². The van der Waals surface area contributed by atoms with Crippen molar-refractivity contribution in [2.75, 3.05) is 18.4 Å². The maximum absolute atomic E-state index is 12.8. The molecule has 4 aromatic heterocycles. The quantitative estimate of drug-likeness (QED) is 0.355. The largest absolute Gasteiger partial charge is 0.461 e. The predicted molar refractivity (Wildman–Crippen MR) is 136 cm³/mol. The monoisotopic (exact) mass is 508 g/mol. The zero-order chi connectivity index (χ0) is 25.4. The number of nitrogens with zero attached hydrogens (tertiary/aromatic N) is 5. The number of rotatable bonds is 5. The van der Waals surface area contributed by atoms with Gasteiger partial charge in [0.25, 0.3) is 0 Å². The average molecular weight is 509 g/mol. The maximum atomic E-state index is 12.8. The molecule has 5 heterocycles. The highest BCUT2D eigenvalue weighted by atomic mass is 32.1. The number of aryl methyl sites for hydroxylation is 1. The average Bonchev–Trinajstić information content (AvgIpc) is 3.57. The summed E-state index contributed by atoms with van der Waals surface area (Å²) in [5, 5.41) is 8.87. The van der Waals surface area contributed by atoms with Gasteiger partial charge in [-0.1, -0.05) is 0 Å². The topological polar surface area (TPSA) is 115 Å². The lowest BCUT2D eigenvalue weighted by Gasteiger charge is -2.34. The molecule has 36 heavy (non-hydrogen) atoms. The molecule has 0 aliphatic carbocycles. The normalized spacial score (nSPS) is 16.3. The van der Waals surface area contributed by atoms with Crippen molar-refractivity contribution in [1.29, 1.82) is 0 Å². The molecule has 1 atom stereocenters. The highest BCUT2D eigenvalue weighted by Gasteiger charge is 2.30. The number of fused-ring (bicyclic) bond motifs is 1. The Hall–Kier alpha value is -3.73. The summed E-state index contributed by atoms with van der Waals surface area (Å²) in [5.74, 6) is 0.996. The maximum Gasteiger partial charge on any atom is 0.410 e. The molecule has 5 rings (SSSR count). The predicted octanol–water partition coefficient (Wildman–Crippen LogP) is 5.42. The highest BCUT2D eigenvalue weighted by molar-refractivity contribution is 7.10. The van der Waals surface area contributed by atoms with E-state index in [-0.39, 0.29) is 17.8 Å². The number of nitrogens with one attached hydrogen (secondary N) is 1. The lowest BCUT2D eigenvalue weighted by molar-refractivity contribution is 0.0197. The van der Waals surface area contributed by atoms with Gasteiger partial charge in [0, 0.05) is 36.2 Å². The number of furan rings is 1. The molecule has 11 heteroatoms. The first-order valence-electron chi connectivity index (χ1n) is 11.8. The molecule has 188 valence electrons. The molecule has 1 amide bonds. The van der Waals surface area contributed by atoms with Gasteiger partial charge in [-0.2, -0.15) is 14.0 Å². The Labute approximate surface area is 212 Å². The number of carbonyl (C=O) groups excluding carboxylic acids is 2. The zero-order valence-corrected chi connectivity index (χ0v) is 21.5. The van der Waals surface area contributed by atoms with E-state index in [0.29, 0.717) is 25.0 Å². The molecule has 0 saturated carbocycles. The van der Waals surface area contributed by atoms with Crippen molar-refractivity contribution in [3.63, 3.8) is 0 Å². The van der Waals surface area contributed by atoms with Crippen LogP contribution in [-0.2, 0) is 4.74 Å². The number of carbonyl (C=O) groups is 2. The Bertz CT molecular complexity index is 1420. The molecule has 1 aliphatic rings. The first kappa shape index (κ1) is 24.0. The van der Waals surface area contributed by atoms with Gasteiger partial charge in [0.15, 0.2) is 17.7 Å². The van der Waals surface area contributed by atoms with Crippen molar-refractivity contribution >= 4 is 40.4 Å². The van der Waals surface area contributed by atoms with Gasteiger partial charge in [-0.15, -0.1) is 0 Å². The van der Waals surface area contributed by atoms with Gasteiger partial charge in [0.2, 0.25) is 0 Å². The third-order valence-corrected chi connectivity index (χ3v) is 6.70. The Kier molecular flexibility index (Phi) is 6.25. The van der Waals surface area contributed by atoms with Crippen LogP contribution in [0.15, 0.2) is 35.1 Å². The van der Waals surface area contributed by atoms with Gasteiger partial charge < -0.3 is 19.4 Å². The number of amides is 1. The van der Waals surface area contributed by atoms with Gasteiger partial charge in [-0.05, 0) is 64.2 Å². The smallest absolute Gasteiger partial charge is 0.410 e. The van der Waals surface area contributed by atoms with Crippen LogP contribution in [0.4, 0.5) is 15.6 Å². The summed E-state index contributed by atoms with van der Waals surface area (Å²) < 4.78 is 17.0. The summed E-state index contributed by atoms with van der Waals surface area (Å²) in [6.45, 7) is 8.72. The van der Waals surface area contributed by atoms with Gasteiger partial charge in [-0.3, -0.25) is 4.79 Å². The van der Waals surface area contributed by atoms with E-state index >= 15 is 0 Å². The standard InChI is InChI=1S/C25H28N6O4S/c1-15-8-22(36-29-15)28-21-10-20(16-6-5-7-30(12-16)24(33)35-25(2,3)4)27-23-19(11-26-31(21)23)17-9-18(13-32)34-14-17/h8-11,13-14,16,28H,5-7,12H2,1-4H3. The van der Waals surface area contributed by atoms with Crippen LogP contribution in [0.25, 0.3) is 16.8 Å². The fourth-order valence-electron chi connectivity index (χ4n) is 4.30. The molecule has 1 saturated heterocycles. The molecule has 4 aromatic rings. The van der Waals surface area contributed by atoms with Crippen LogP contribution in [0.5, 0.6) is 0 Å². The summed E-state index contributed by atoms with van der Waals surface area (Å²) in [5.41, 5.74) is 3.31. The number of aromatic nitrogens is 4. The van der Waals surface area contributed by atoms with Crippen LogP contribution in [-0.4, -0.2) is 54.9 Å². The highest BCUT2D eigenvalue weighted by Crippen LogP contribution is 2.33. The van der Waals surface area contributed by atoms with Crippen LogP contribution < -0.4 is 5.32 Å². The Balaban J connectivity index is 1.54. The molecule has 1 aliphatic heterocycles. The van der Waals surface area contributed by atoms with Crippen molar-refractivity contribution in [1.82, 2.24) is 23.9 Å². The van der Waals surface area contributed by atoms with Gasteiger partial charge in [0.05, 0.1) is 23.8 Å². The fraction of sp³-hybridized carbons (Fsp3) is 0.400. The number of anilines is 2. The zero-order valence-electron chi connectivity index (χ0n) is 20.6. The van der Waals surface area contributed by atoms with E-state index in [9.17, 15) is 9.59 Å². The van der Waals surface area contributed by atoms with Crippen molar-refractivity contribution in [3.8, 4) is 11.1 Å². The summed E-state index contributed by atoms with van der Waals surface area (Å²) in [4.78, 5) is 30.7. The lowest BCUT2D eigenvalue weighted by atomic mass is 9.94. The first-order chi connectivity index (χ1) is 17.2. The van der Waals surface area contributed by atoms with Crippen molar-refractivity contribution in [3.05, 3.63) is 47.8 Å². The molecule has 1 N–H and O–H groups in total. The molecular formula is C25H28N6O4S.